The molecule has 1 amide bonds. The predicted molar refractivity (Wildman–Crippen MR) is 80.1 cm³/mol. The first-order chi connectivity index (χ1) is 9.70. The van der Waals surface area contributed by atoms with E-state index in [1.54, 1.807) is 6.07 Å². The van der Waals surface area contributed by atoms with Gasteiger partial charge in [-0.05, 0) is 32.3 Å². The number of carbonyl (C=O) groups excluding carboxylic acids is 1. The fourth-order valence-electron chi connectivity index (χ4n) is 2.40. The molecule has 0 saturated carbocycles. The quantitative estimate of drug-likeness (QED) is 0.810. The zero-order chi connectivity index (χ0) is 14.4. The van der Waals surface area contributed by atoms with Gasteiger partial charge < -0.3 is 10.2 Å². The van der Waals surface area contributed by atoms with Crippen molar-refractivity contribution in [2.45, 2.75) is 46.0 Å². The Morgan fingerprint density at radius 1 is 1.30 bits per heavy atom. The molecular weight excluding hydrogens is 252 g/mol. The van der Waals surface area contributed by atoms with E-state index in [2.05, 4.69) is 27.1 Å². The van der Waals surface area contributed by atoms with E-state index >= 15 is 0 Å². The van der Waals surface area contributed by atoms with E-state index in [1.807, 2.05) is 6.92 Å². The number of hydrogen-bond acceptors (Lipinski definition) is 4. The fourth-order valence-corrected chi connectivity index (χ4v) is 2.40. The molecule has 2 rings (SSSR count). The normalized spacial score (nSPS) is 14.6. The lowest BCUT2D eigenvalue weighted by atomic mass is 10.2. The molecule has 0 aromatic carbocycles. The van der Waals surface area contributed by atoms with E-state index in [0.717, 1.165) is 44.6 Å². The van der Waals surface area contributed by atoms with E-state index in [9.17, 15) is 4.79 Å². The summed E-state index contributed by atoms with van der Waals surface area (Å²) in [6, 6.07) is 1.76. The van der Waals surface area contributed by atoms with Gasteiger partial charge in [-0.1, -0.05) is 19.8 Å². The number of nitrogens with one attached hydrogen (secondary N) is 1. The van der Waals surface area contributed by atoms with Crippen molar-refractivity contribution in [3.8, 4) is 0 Å². The van der Waals surface area contributed by atoms with Gasteiger partial charge in [0.05, 0.1) is 0 Å². The maximum absolute atomic E-state index is 12.1. The molecule has 0 atom stereocenters. The Kier molecular flexibility index (Phi) is 5.32. The number of unbranched alkanes of at least 4 members (excludes halogenated alkanes) is 2. The summed E-state index contributed by atoms with van der Waals surface area (Å²) in [7, 11) is 0. The summed E-state index contributed by atoms with van der Waals surface area (Å²) in [5.41, 5.74) is 1.33. The van der Waals surface area contributed by atoms with Crippen LogP contribution in [0.4, 0.5) is 5.95 Å². The maximum atomic E-state index is 12.1. The summed E-state index contributed by atoms with van der Waals surface area (Å²) < 4.78 is 0. The third-order valence-electron chi connectivity index (χ3n) is 3.53. The summed E-state index contributed by atoms with van der Waals surface area (Å²) in [6.45, 7) is 6.75. The van der Waals surface area contributed by atoms with Crippen molar-refractivity contribution < 1.29 is 4.79 Å². The van der Waals surface area contributed by atoms with E-state index in [-0.39, 0.29) is 5.91 Å². The van der Waals surface area contributed by atoms with Crippen LogP contribution in [0.1, 0.15) is 55.2 Å². The highest BCUT2D eigenvalue weighted by atomic mass is 16.1. The summed E-state index contributed by atoms with van der Waals surface area (Å²) in [4.78, 5) is 23.1. The zero-order valence-corrected chi connectivity index (χ0v) is 12.5. The third-order valence-corrected chi connectivity index (χ3v) is 3.53. The van der Waals surface area contributed by atoms with E-state index < -0.39 is 0 Å². The van der Waals surface area contributed by atoms with Gasteiger partial charge in [0, 0.05) is 25.3 Å². The Labute approximate surface area is 120 Å². The van der Waals surface area contributed by atoms with Crippen LogP contribution in [-0.2, 0) is 0 Å². The molecule has 0 spiro atoms. The van der Waals surface area contributed by atoms with Gasteiger partial charge in [-0.25, -0.2) is 9.97 Å². The number of nitrogens with zero attached hydrogens (tertiary/aromatic N) is 3. The van der Waals surface area contributed by atoms with Crippen LogP contribution in [0.3, 0.4) is 0 Å². The van der Waals surface area contributed by atoms with Gasteiger partial charge in [-0.2, -0.15) is 0 Å². The topological polar surface area (TPSA) is 58.1 Å². The summed E-state index contributed by atoms with van der Waals surface area (Å²) in [6.07, 6.45) is 5.67. The van der Waals surface area contributed by atoms with Crippen molar-refractivity contribution in [1.29, 1.82) is 0 Å². The number of aryl methyl sites for hydroxylation is 1. The molecule has 0 aliphatic carbocycles. The third kappa shape index (κ3) is 3.92. The van der Waals surface area contributed by atoms with Gasteiger partial charge in [0.1, 0.15) is 5.69 Å². The number of amides is 1. The Morgan fingerprint density at radius 2 is 2.05 bits per heavy atom. The number of aromatic nitrogens is 2. The van der Waals surface area contributed by atoms with Crippen molar-refractivity contribution >= 4 is 11.9 Å². The van der Waals surface area contributed by atoms with Crippen molar-refractivity contribution in [1.82, 2.24) is 15.3 Å². The largest absolute Gasteiger partial charge is 0.351 e. The standard InChI is InChI=1S/C15H24N4O/c1-3-4-5-8-16-14(20)13-11-12(2)17-15(18-13)19-9-6-7-10-19/h11H,3-10H2,1-2H3,(H,16,20). The molecule has 1 saturated heterocycles. The molecule has 1 aromatic heterocycles. The SMILES string of the molecule is CCCCCNC(=O)c1cc(C)nc(N2CCCC2)n1. The second-order valence-corrected chi connectivity index (χ2v) is 5.35. The van der Waals surface area contributed by atoms with Crippen molar-refractivity contribution in [2.75, 3.05) is 24.5 Å². The number of rotatable bonds is 6. The highest BCUT2D eigenvalue weighted by Crippen LogP contribution is 2.16. The van der Waals surface area contributed by atoms with Crippen LogP contribution in [0, 0.1) is 6.92 Å². The summed E-state index contributed by atoms with van der Waals surface area (Å²) in [5.74, 6) is 0.605. The minimum atomic E-state index is -0.0907. The van der Waals surface area contributed by atoms with Crippen molar-refractivity contribution in [2.24, 2.45) is 0 Å². The average Bonchev–Trinajstić information content (AvgIpc) is 2.97. The molecule has 1 aromatic rings. The lowest BCUT2D eigenvalue weighted by Crippen LogP contribution is -2.27. The van der Waals surface area contributed by atoms with E-state index in [0.29, 0.717) is 11.6 Å². The molecule has 20 heavy (non-hydrogen) atoms. The Hall–Kier alpha value is -1.65. The average molecular weight is 276 g/mol. The highest BCUT2D eigenvalue weighted by molar-refractivity contribution is 5.92. The number of carbonyl (C=O) groups is 1. The molecule has 1 N–H and O–H groups in total. The van der Waals surface area contributed by atoms with E-state index in [4.69, 9.17) is 0 Å². The lowest BCUT2D eigenvalue weighted by molar-refractivity contribution is 0.0947. The molecule has 1 aliphatic rings. The first-order valence-electron chi connectivity index (χ1n) is 7.59. The molecule has 5 nitrogen and oxygen atoms in total. The summed E-state index contributed by atoms with van der Waals surface area (Å²) in [5, 5.41) is 2.93. The number of hydrogen-bond donors (Lipinski definition) is 1. The second-order valence-electron chi connectivity index (χ2n) is 5.35. The molecule has 1 aliphatic heterocycles. The second kappa shape index (κ2) is 7.22. The van der Waals surface area contributed by atoms with Crippen LogP contribution in [-0.4, -0.2) is 35.5 Å². The van der Waals surface area contributed by atoms with E-state index in [1.165, 1.54) is 12.8 Å². The molecule has 0 bridgehead atoms. The van der Waals surface area contributed by atoms with Crippen molar-refractivity contribution in [3.63, 3.8) is 0 Å². The molecule has 1 fully saturated rings. The predicted octanol–water partition coefficient (Wildman–Crippen LogP) is 2.31. The van der Waals surface area contributed by atoms with Gasteiger partial charge in [0.2, 0.25) is 5.95 Å². The van der Waals surface area contributed by atoms with Gasteiger partial charge in [0.25, 0.3) is 5.91 Å². The van der Waals surface area contributed by atoms with Gasteiger partial charge in [-0.15, -0.1) is 0 Å². The molecule has 5 heteroatoms. The van der Waals surface area contributed by atoms with Crippen molar-refractivity contribution in [3.05, 3.63) is 17.5 Å². The minimum absolute atomic E-state index is 0.0907. The monoisotopic (exact) mass is 276 g/mol. The van der Waals surface area contributed by atoms with Crippen LogP contribution in [0.25, 0.3) is 0 Å². The van der Waals surface area contributed by atoms with Crippen LogP contribution >= 0.6 is 0 Å². The van der Waals surface area contributed by atoms with Gasteiger partial charge >= 0.3 is 0 Å². The first kappa shape index (κ1) is 14.8. The van der Waals surface area contributed by atoms with Crippen LogP contribution in [0.5, 0.6) is 0 Å². The fraction of sp³-hybridized carbons (Fsp3) is 0.667. The van der Waals surface area contributed by atoms with Gasteiger partial charge in [-0.3, -0.25) is 4.79 Å². The molecule has 0 unspecified atom stereocenters. The Bertz CT molecular complexity index is 455. The van der Waals surface area contributed by atoms with Crippen LogP contribution in [0.15, 0.2) is 6.07 Å². The molecular formula is C15H24N4O. The Morgan fingerprint density at radius 3 is 2.75 bits per heavy atom. The van der Waals surface area contributed by atoms with Gasteiger partial charge in [0.15, 0.2) is 0 Å². The maximum Gasteiger partial charge on any atom is 0.270 e. The Balaban J connectivity index is 2.01. The molecule has 0 radical (unpaired) electrons. The van der Waals surface area contributed by atoms with Crippen LogP contribution in [0.2, 0.25) is 0 Å². The van der Waals surface area contributed by atoms with Crippen LogP contribution < -0.4 is 10.2 Å². The minimum Gasteiger partial charge on any atom is -0.351 e. The highest BCUT2D eigenvalue weighted by Gasteiger charge is 2.17. The lowest BCUT2D eigenvalue weighted by Gasteiger charge is -2.16. The molecule has 110 valence electrons. The number of anilines is 1. The smallest absolute Gasteiger partial charge is 0.270 e. The summed E-state index contributed by atoms with van der Waals surface area (Å²) >= 11 is 0. The first-order valence-corrected chi connectivity index (χ1v) is 7.59. The molecule has 2 heterocycles. The zero-order valence-electron chi connectivity index (χ0n) is 12.5.